The molecule has 1 aliphatic carbocycles. The first-order valence-electron chi connectivity index (χ1n) is 8.76. The summed E-state index contributed by atoms with van der Waals surface area (Å²) in [6.45, 7) is 4.61. The van der Waals surface area contributed by atoms with Crippen LogP contribution in [-0.4, -0.2) is 6.04 Å². The molecule has 0 heterocycles. The molecule has 1 aliphatic rings. The standard InChI is InChI=1S/C17H36N2/c1-3-5-9-15(4-2)14-17(19-18)13-12-16-10-7-6-8-11-16/h15-17,19H,3-14,18H2,1-2H3. The molecule has 0 spiro atoms. The van der Waals surface area contributed by atoms with Crippen molar-refractivity contribution >= 4 is 0 Å². The molecule has 2 atom stereocenters. The van der Waals surface area contributed by atoms with E-state index in [0.717, 1.165) is 11.8 Å². The van der Waals surface area contributed by atoms with Crippen LogP contribution in [-0.2, 0) is 0 Å². The third-order valence-electron chi connectivity index (χ3n) is 5.04. The minimum atomic E-state index is 0.545. The van der Waals surface area contributed by atoms with Crippen molar-refractivity contribution in [1.82, 2.24) is 5.43 Å². The highest BCUT2D eigenvalue weighted by atomic mass is 15.2. The highest BCUT2D eigenvalue weighted by Crippen LogP contribution is 2.29. The Hall–Kier alpha value is -0.0800. The van der Waals surface area contributed by atoms with E-state index in [1.54, 1.807) is 0 Å². The summed E-state index contributed by atoms with van der Waals surface area (Å²) in [5, 5.41) is 0. The van der Waals surface area contributed by atoms with Crippen LogP contribution in [0.25, 0.3) is 0 Å². The van der Waals surface area contributed by atoms with Gasteiger partial charge in [0, 0.05) is 6.04 Å². The normalized spacial score (nSPS) is 20.4. The van der Waals surface area contributed by atoms with Gasteiger partial charge in [-0.2, -0.15) is 0 Å². The third-order valence-corrected chi connectivity index (χ3v) is 5.04. The largest absolute Gasteiger partial charge is 0.271 e. The maximum atomic E-state index is 5.77. The molecule has 3 N–H and O–H groups in total. The molecule has 1 fully saturated rings. The molecule has 0 aromatic carbocycles. The fraction of sp³-hybridized carbons (Fsp3) is 1.00. The Morgan fingerprint density at radius 3 is 2.42 bits per heavy atom. The fourth-order valence-electron chi connectivity index (χ4n) is 3.57. The maximum absolute atomic E-state index is 5.77. The number of hydrogen-bond acceptors (Lipinski definition) is 2. The molecule has 2 unspecified atom stereocenters. The van der Waals surface area contributed by atoms with Gasteiger partial charge in [-0.05, 0) is 31.1 Å². The van der Waals surface area contributed by atoms with Crippen LogP contribution in [0.3, 0.4) is 0 Å². The van der Waals surface area contributed by atoms with Crippen molar-refractivity contribution in [2.75, 3.05) is 0 Å². The molecular formula is C17H36N2. The molecule has 0 radical (unpaired) electrons. The Morgan fingerprint density at radius 2 is 1.84 bits per heavy atom. The predicted octanol–water partition coefficient (Wildman–Crippen LogP) is 4.79. The van der Waals surface area contributed by atoms with Crippen LogP contribution in [0.5, 0.6) is 0 Å². The van der Waals surface area contributed by atoms with E-state index >= 15 is 0 Å². The van der Waals surface area contributed by atoms with Crippen LogP contribution in [0.15, 0.2) is 0 Å². The molecule has 0 aromatic heterocycles. The Morgan fingerprint density at radius 1 is 1.11 bits per heavy atom. The highest BCUT2D eigenvalue weighted by Gasteiger charge is 2.18. The minimum Gasteiger partial charge on any atom is -0.271 e. The van der Waals surface area contributed by atoms with E-state index in [4.69, 9.17) is 5.84 Å². The maximum Gasteiger partial charge on any atom is 0.0213 e. The monoisotopic (exact) mass is 268 g/mol. The molecule has 2 nitrogen and oxygen atoms in total. The highest BCUT2D eigenvalue weighted by molar-refractivity contribution is 4.73. The lowest BCUT2D eigenvalue weighted by atomic mass is 9.83. The van der Waals surface area contributed by atoms with E-state index in [2.05, 4.69) is 19.3 Å². The number of rotatable bonds is 10. The molecule has 2 heteroatoms. The lowest BCUT2D eigenvalue weighted by Gasteiger charge is -2.26. The SMILES string of the molecule is CCCCC(CC)CC(CCC1CCCCC1)NN. The molecule has 19 heavy (non-hydrogen) atoms. The molecule has 0 aromatic rings. The quantitative estimate of drug-likeness (QED) is 0.442. The Bertz CT molecular complexity index is 199. The van der Waals surface area contributed by atoms with Crippen LogP contribution >= 0.6 is 0 Å². The second kappa shape index (κ2) is 10.7. The molecule has 0 bridgehead atoms. The summed E-state index contributed by atoms with van der Waals surface area (Å²) in [7, 11) is 0. The van der Waals surface area contributed by atoms with Gasteiger partial charge in [0.1, 0.15) is 0 Å². The molecule has 114 valence electrons. The van der Waals surface area contributed by atoms with E-state index < -0.39 is 0 Å². The van der Waals surface area contributed by atoms with Crippen LogP contribution in [0.1, 0.15) is 90.9 Å². The van der Waals surface area contributed by atoms with Crippen molar-refractivity contribution in [2.24, 2.45) is 17.7 Å². The zero-order valence-corrected chi connectivity index (χ0v) is 13.3. The van der Waals surface area contributed by atoms with Crippen LogP contribution in [0, 0.1) is 11.8 Å². The number of unbranched alkanes of at least 4 members (excludes halogenated alkanes) is 1. The van der Waals surface area contributed by atoms with Gasteiger partial charge in [-0.25, -0.2) is 0 Å². The van der Waals surface area contributed by atoms with Crippen LogP contribution in [0.4, 0.5) is 0 Å². The van der Waals surface area contributed by atoms with E-state index in [0.29, 0.717) is 6.04 Å². The summed E-state index contributed by atoms with van der Waals surface area (Å²) in [6.07, 6.45) is 16.6. The third kappa shape index (κ3) is 7.31. The average Bonchev–Trinajstić information content (AvgIpc) is 2.47. The van der Waals surface area contributed by atoms with E-state index in [9.17, 15) is 0 Å². The van der Waals surface area contributed by atoms with Gasteiger partial charge in [0.15, 0.2) is 0 Å². The van der Waals surface area contributed by atoms with Gasteiger partial charge in [0.05, 0.1) is 0 Å². The van der Waals surface area contributed by atoms with Crippen molar-refractivity contribution < 1.29 is 0 Å². The van der Waals surface area contributed by atoms with Gasteiger partial charge in [0.25, 0.3) is 0 Å². The minimum absolute atomic E-state index is 0.545. The van der Waals surface area contributed by atoms with Gasteiger partial charge in [-0.1, -0.05) is 71.6 Å². The summed E-state index contributed by atoms with van der Waals surface area (Å²) in [4.78, 5) is 0. The van der Waals surface area contributed by atoms with Crippen molar-refractivity contribution in [3.8, 4) is 0 Å². The van der Waals surface area contributed by atoms with Crippen molar-refractivity contribution in [1.29, 1.82) is 0 Å². The zero-order chi connectivity index (χ0) is 13.9. The Balaban J connectivity index is 2.22. The molecule has 0 amide bonds. The summed E-state index contributed by atoms with van der Waals surface area (Å²) < 4.78 is 0. The van der Waals surface area contributed by atoms with Gasteiger partial charge in [-0.15, -0.1) is 0 Å². The van der Waals surface area contributed by atoms with E-state index in [1.807, 2.05) is 0 Å². The Kier molecular flexibility index (Phi) is 9.54. The van der Waals surface area contributed by atoms with E-state index in [-0.39, 0.29) is 0 Å². The summed E-state index contributed by atoms with van der Waals surface area (Å²) in [5.74, 6) is 7.62. The topological polar surface area (TPSA) is 38.0 Å². The second-order valence-electron chi connectivity index (χ2n) is 6.60. The first-order chi connectivity index (χ1) is 9.30. The fourth-order valence-corrected chi connectivity index (χ4v) is 3.57. The molecular weight excluding hydrogens is 232 g/mol. The van der Waals surface area contributed by atoms with Gasteiger partial charge in [-0.3, -0.25) is 11.3 Å². The first-order valence-corrected chi connectivity index (χ1v) is 8.76. The van der Waals surface area contributed by atoms with Gasteiger partial charge < -0.3 is 0 Å². The summed E-state index contributed by atoms with van der Waals surface area (Å²) in [6, 6.07) is 0.545. The van der Waals surface area contributed by atoms with Crippen LogP contribution in [0.2, 0.25) is 0 Å². The first kappa shape index (κ1) is 17.0. The lowest BCUT2D eigenvalue weighted by molar-refractivity contribution is 0.286. The summed E-state index contributed by atoms with van der Waals surface area (Å²) in [5.41, 5.74) is 3.08. The average molecular weight is 268 g/mol. The van der Waals surface area contributed by atoms with Crippen molar-refractivity contribution in [3.63, 3.8) is 0 Å². The second-order valence-corrected chi connectivity index (χ2v) is 6.60. The van der Waals surface area contributed by atoms with Gasteiger partial charge >= 0.3 is 0 Å². The van der Waals surface area contributed by atoms with Crippen molar-refractivity contribution in [2.45, 2.75) is 96.9 Å². The molecule has 0 aliphatic heterocycles. The number of hydrogen-bond donors (Lipinski definition) is 2. The Labute approximate surface area is 120 Å². The molecule has 1 saturated carbocycles. The molecule has 1 rings (SSSR count). The van der Waals surface area contributed by atoms with Crippen LogP contribution < -0.4 is 11.3 Å². The van der Waals surface area contributed by atoms with E-state index in [1.165, 1.54) is 77.0 Å². The lowest BCUT2D eigenvalue weighted by Crippen LogP contribution is -2.37. The predicted molar refractivity (Wildman–Crippen MR) is 84.8 cm³/mol. The summed E-state index contributed by atoms with van der Waals surface area (Å²) >= 11 is 0. The zero-order valence-electron chi connectivity index (χ0n) is 13.3. The number of nitrogens with one attached hydrogen (secondary N) is 1. The molecule has 0 saturated heterocycles. The van der Waals surface area contributed by atoms with Crippen molar-refractivity contribution in [3.05, 3.63) is 0 Å². The van der Waals surface area contributed by atoms with Gasteiger partial charge in [0.2, 0.25) is 0 Å². The number of nitrogens with two attached hydrogens (primary N) is 1. The number of hydrazine groups is 1. The smallest absolute Gasteiger partial charge is 0.0213 e.